The van der Waals surface area contributed by atoms with Crippen molar-refractivity contribution in [3.8, 4) is 0 Å². The first kappa shape index (κ1) is 12.9. The minimum atomic E-state index is 0.0672. The fourth-order valence-corrected chi connectivity index (χ4v) is 2.81. The first-order chi connectivity index (χ1) is 9.66. The van der Waals surface area contributed by atoms with Crippen LogP contribution in [0.5, 0.6) is 0 Å². The number of hydrogen-bond acceptors (Lipinski definition) is 4. The zero-order valence-electron chi connectivity index (χ0n) is 11.9. The van der Waals surface area contributed by atoms with E-state index < -0.39 is 0 Å². The Bertz CT molecular complexity index is 621. The fourth-order valence-electron chi connectivity index (χ4n) is 2.81. The summed E-state index contributed by atoms with van der Waals surface area (Å²) in [6, 6.07) is 3.85. The van der Waals surface area contributed by atoms with Crippen LogP contribution in [0, 0.1) is 5.92 Å². The Hall–Kier alpha value is -2.11. The number of aromatic nitrogens is 3. The van der Waals surface area contributed by atoms with Gasteiger partial charge < -0.3 is 9.80 Å². The molecule has 0 saturated carbocycles. The molecule has 0 aliphatic carbocycles. The molecule has 0 aromatic carbocycles. The lowest BCUT2D eigenvalue weighted by atomic mass is 9.97. The Morgan fingerprint density at radius 1 is 1.35 bits per heavy atom. The van der Waals surface area contributed by atoms with Crippen LogP contribution in [0.15, 0.2) is 24.5 Å². The number of carbonyl (C=O) groups is 1. The Balaban J connectivity index is 1.87. The molecule has 6 nitrogen and oxygen atoms in total. The smallest absolute Gasteiger partial charge is 0.226 e. The normalized spacial score (nSPS) is 19.3. The van der Waals surface area contributed by atoms with Crippen LogP contribution < -0.4 is 4.90 Å². The van der Waals surface area contributed by atoms with E-state index in [1.54, 1.807) is 17.3 Å². The van der Waals surface area contributed by atoms with Crippen molar-refractivity contribution in [3.05, 3.63) is 24.5 Å². The van der Waals surface area contributed by atoms with Gasteiger partial charge in [0.2, 0.25) is 5.91 Å². The maximum absolute atomic E-state index is 12.2. The van der Waals surface area contributed by atoms with Crippen LogP contribution in [-0.4, -0.2) is 52.6 Å². The van der Waals surface area contributed by atoms with E-state index >= 15 is 0 Å². The summed E-state index contributed by atoms with van der Waals surface area (Å²) in [7, 11) is 3.64. The number of carbonyl (C=O) groups excluding carboxylic acids is 1. The number of rotatable bonds is 2. The second kappa shape index (κ2) is 5.11. The van der Waals surface area contributed by atoms with Crippen LogP contribution in [0.25, 0.3) is 5.65 Å². The van der Waals surface area contributed by atoms with E-state index in [-0.39, 0.29) is 11.8 Å². The highest BCUT2D eigenvalue weighted by Gasteiger charge is 2.28. The van der Waals surface area contributed by atoms with Crippen molar-refractivity contribution in [1.82, 2.24) is 19.5 Å². The van der Waals surface area contributed by atoms with E-state index in [1.165, 1.54) is 0 Å². The van der Waals surface area contributed by atoms with Crippen molar-refractivity contribution >= 4 is 17.4 Å². The number of anilines is 1. The summed E-state index contributed by atoms with van der Waals surface area (Å²) in [5.74, 6) is 1.29. The van der Waals surface area contributed by atoms with E-state index in [4.69, 9.17) is 0 Å². The zero-order chi connectivity index (χ0) is 14.1. The predicted molar refractivity (Wildman–Crippen MR) is 76.6 cm³/mol. The van der Waals surface area contributed by atoms with Gasteiger partial charge in [-0.2, -0.15) is 9.61 Å². The first-order valence-electron chi connectivity index (χ1n) is 6.91. The lowest BCUT2D eigenvalue weighted by molar-refractivity contribution is -0.133. The minimum Gasteiger partial charge on any atom is -0.356 e. The third kappa shape index (κ3) is 2.21. The van der Waals surface area contributed by atoms with Gasteiger partial charge in [0, 0.05) is 39.4 Å². The van der Waals surface area contributed by atoms with Crippen molar-refractivity contribution in [2.75, 3.05) is 32.1 Å². The van der Waals surface area contributed by atoms with Crippen LogP contribution in [0.4, 0.5) is 5.82 Å². The molecule has 20 heavy (non-hydrogen) atoms. The summed E-state index contributed by atoms with van der Waals surface area (Å²) in [4.78, 5) is 20.3. The average molecular weight is 273 g/mol. The number of fused-ring (bicyclic) bond motifs is 1. The molecular weight excluding hydrogens is 254 g/mol. The SMILES string of the molecule is CN(C)C(=O)C1CCCN(c2ccnc3ccnn23)C1. The van der Waals surface area contributed by atoms with E-state index in [2.05, 4.69) is 15.0 Å². The van der Waals surface area contributed by atoms with Crippen LogP contribution in [-0.2, 0) is 4.79 Å². The molecule has 0 spiro atoms. The van der Waals surface area contributed by atoms with Crippen molar-refractivity contribution in [2.24, 2.45) is 5.92 Å². The van der Waals surface area contributed by atoms with Crippen LogP contribution >= 0.6 is 0 Å². The molecule has 3 heterocycles. The van der Waals surface area contributed by atoms with Gasteiger partial charge in [0.25, 0.3) is 0 Å². The van der Waals surface area contributed by atoms with Crippen molar-refractivity contribution < 1.29 is 4.79 Å². The number of piperidine rings is 1. The molecule has 1 fully saturated rings. The molecule has 0 bridgehead atoms. The summed E-state index contributed by atoms with van der Waals surface area (Å²) in [6.07, 6.45) is 5.53. The molecule has 1 amide bonds. The van der Waals surface area contributed by atoms with Crippen molar-refractivity contribution in [1.29, 1.82) is 0 Å². The molecule has 2 aromatic heterocycles. The Morgan fingerprint density at radius 2 is 2.20 bits per heavy atom. The Morgan fingerprint density at radius 3 is 3.00 bits per heavy atom. The summed E-state index contributed by atoms with van der Waals surface area (Å²) >= 11 is 0. The van der Waals surface area contributed by atoms with Crippen molar-refractivity contribution in [2.45, 2.75) is 12.8 Å². The highest BCUT2D eigenvalue weighted by atomic mass is 16.2. The minimum absolute atomic E-state index is 0.0672. The average Bonchev–Trinajstić information content (AvgIpc) is 2.94. The zero-order valence-corrected chi connectivity index (χ0v) is 11.9. The Kier molecular flexibility index (Phi) is 3.30. The molecule has 1 saturated heterocycles. The van der Waals surface area contributed by atoms with E-state index in [9.17, 15) is 4.79 Å². The van der Waals surface area contributed by atoms with Crippen LogP contribution in [0.3, 0.4) is 0 Å². The summed E-state index contributed by atoms with van der Waals surface area (Å²) in [6.45, 7) is 1.70. The first-order valence-corrected chi connectivity index (χ1v) is 6.91. The van der Waals surface area contributed by atoms with Gasteiger partial charge in [-0.15, -0.1) is 0 Å². The topological polar surface area (TPSA) is 53.7 Å². The van der Waals surface area contributed by atoms with Gasteiger partial charge in [0.1, 0.15) is 5.82 Å². The summed E-state index contributed by atoms with van der Waals surface area (Å²) in [5.41, 5.74) is 0.837. The molecule has 0 radical (unpaired) electrons. The van der Waals surface area contributed by atoms with Gasteiger partial charge in [-0.05, 0) is 18.9 Å². The molecule has 106 valence electrons. The lowest BCUT2D eigenvalue weighted by Crippen LogP contribution is -2.43. The lowest BCUT2D eigenvalue weighted by Gasteiger charge is -2.34. The maximum atomic E-state index is 12.2. The largest absolute Gasteiger partial charge is 0.356 e. The predicted octanol–water partition coefficient (Wildman–Crippen LogP) is 1.03. The van der Waals surface area contributed by atoms with E-state index in [1.807, 2.05) is 30.7 Å². The summed E-state index contributed by atoms with van der Waals surface area (Å²) < 4.78 is 1.84. The van der Waals surface area contributed by atoms with Gasteiger partial charge in [0.15, 0.2) is 5.65 Å². The molecular formula is C14H19N5O. The molecule has 1 atom stereocenters. The van der Waals surface area contributed by atoms with Crippen LogP contribution in [0.1, 0.15) is 12.8 Å². The molecule has 1 unspecified atom stereocenters. The highest BCUT2D eigenvalue weighted by molar-refractivity contribution is 5.79. The van der Waals surface area contributed by atoms with Crippen molar-refractivity contribution in [3.63, 3.8) is 0 Å². The Labute approximate surface area is 118 Å². The highest BCUT2D eigenvalue weighted by Crippen LogP contribution is 2.24. The number of hydrogen-bond donors (Lipinski definition) is 0. The molecule has 1 aliphatic heterocycles. The van der Waals surface area contributed by atoms with E-state index in [0.717, 1.165) is 37.4 Å². The standard InChI is InChI=1S/C14H19N5O/c1-17(2)14(20)11-4-3-9-18(10-11)13-6-7-15-12-5-8-16-19(12)13/h5-8,11H,3-4,9-10H2,1-2H3. The quantitative estimate of drug-likeness (QED) is 0.820. The number of nitrogens with zero attached hydrogens (tertiary/aromatic N) is 5. The van der Waals surface area contributed by atoms with E-state index in [0.29, 0.717) is 0 Å². The second-order valence-electron chi connectivity index (χ2n) is 5.42. The van der Waals surface area contributed by atoms with Gasteiger partial charge in [0.05, 0.1) is 12.1 Å². The maximum Gasteiger partial charge on any atom is 0.226 e. The molecule has 6 heteroatoms. The molecule has 0 N–H and O–H groups in total. The van der Waals surface area contributed by atoms with Gasteiger partial charge in [-0.1, -0.05) is 0 Å². The molecule has 1 aliphatic rings. The molecule has 2 aromatic rings. The van der Waals surface area contributed by atoms with Gasteiger partial charge in [-0.25, -0.2) is 4.98 Å². The molecule has 3 rings (SSSR count). The second-order valence-corrected chi connectivity index (χ2v) is 5.42. The third-order valence-electron chi connectivity index (χ3n) is 3.81. The van der Waals surface area contributed by atoms with Gasteiger partial charge >= 0.3 is 0 Å². The summed E-state index contributed by atoms with van der Waals surface area (Å²) in [5, 5.41) is 4.32. The monoisotopic (exact) mass is 273 g/mol. The number of amides is 1. The fraction of sp³-hybridized carbons (Fsp3) is 0.500. The van der Waals surface area contributed by atoms with Gasteiger partial charge in [-0.3, -0.25) is 4.79 Å². The van der Waals surface area contributed by atoms with Crippen LogP contribution in [0.2, 0.25) is 0 Å². The third-order valence-corrected chi connectivity index (χ3v) is 3.81.